The van der Waals surface area contributed by atoms with Crippen molar-refractivity contribution in [1.29, 1.82) is 0 Å². The van der Waals surface area contributed by atoms with Gasteiger partial charge in [0.25, 0.3) is 0 Å². The standard InChI is InChI=1S/C13H25N3O/c1-10-7-11(9-14-8-10)13(17)15-5-6-16(2)12-3-4-12/h10-12,14H,3-9H2,1-2H3,(H,15,17). The van der Waals surface area contributed by atoms with Crippen molar-refractivity contribution in [2.24, 2.45) is 11.8 Å². The Morgan fingerprint density at radius 2 is 2.18 bits per heavy atom. The maximum Gasteiger partial charge on any atom is 0.224 e. The number of nitrogens with zero attached hydrogens (tertiary/aromatic N) is 1. The molecule has 0 aromatic rings. The molecule has 1 amide bonds. The van der Waals surface area contributed by atoms with Gasteiger partial charge in [-0.15, -0.1) is 0 Å². The van der Waals surface area contributed by atoms with Crippen LogP contribution in [0.4, 0.5) is 0 Å². The second-order valence-corrected chi connectivity index (χ2v) is 5.70. The van der Waals surface area contributed by atoms with Crippen molar-refractivity contribution >= 4 is 5.91 Å². The summed E-state index contributed by atoms with van der Waals surface area (Å²) in [7, 11) is 2.15. The van der Waals surface area contributed by atoms with Gasteiger partial charge in [-0.2, -0.15) is 0 Å². The van der Waals surface area contributed by atoms with Crippen molar-refractivity contribution in [2.75, 3.05) is 33.2 Å². The highest BCUT2D eigenvalue weighted by molar-refractivity contribution is 5.79. The number of hydrogen-bond donors (Lipinski definition) is 2. The molecule has 2 N–H and O–H groups in total. The maximum atomic E-state index is 11.9. The Bertz CT molecular complexity index is 265. The molecule has 1 aliphatic carbocycles. The second-order valence-electron chi connectivity index (χ2n) is 5.70. The van der Waals surface area contributed by atoms with Crippen LogP contribution in [0.5, 0.6) is 0 Å². The van der Waals surface area contributed by atoms with E-state index in [1.54, 1.807) is 0 Å². The van der Waals surface area contributed by atoms with Gasteiger partial charge in [-0.05, 0) is 38.8 Å². The van der Waals surface area contributed by atoms with Gasteiger partial charge < -0.3 is 15.5 Å². The van der Waals surface area contributed by atoms with E-state index in [2.05, 4.69) is 29.5 Å². The van der Waals surface area contributed by atoms with Crippen molar-refractivity contribution in [1.82, 2.24) is 15.5 Å². The van der Waals surface area contributed by atoms with E-state index in [0.29, 0.717) is 5.92 Å². The summed E-state index contributed by atoms with van der Waals surface area (Å²) in [5.41, 5.74) is 0. The van der Waals surface area contributed by atoms with Crippen LogP contribution in [-0.4, -0.2) is 50.1 Å². The predicted molar refractivity (Wildman–Crippen MR) is 68.8 cm³/mol. The number of hydrogen-bond acceptors (Lipinski definition) is 3. The topological polar surface area (TPSA) is 44.4 Å². The summed E-state index contributed by atoms with van der Waals surface area (Å²) in [5, 5.41) is 6.39. The minimum atomic E-state index is 0.171. The van der Waals surface area contributed by atoms with Crippen LogP contribution < -0.4 is 10.6 Å². The van der Waals surface area contributed by atoms with Gasteiger partial charge in [-0.3, -0.25) is 4.79 Å². The molecule has 1 aliphatic heterocycles. The summed E-state index contributed by atoms with van der Waals surface area (Å²) in [6.45, 7) is 5.86. The number of carbonyl (C=O) groups is 1. The molecular formula is C13H25N3O. The molecule has 2 atom stereocenters. The van der Waals surface area contributed by atoms with Gasteiger partial charge >= 0.3 is 0 Å². The lowest BCUT2D eigenvalue weighted by Gasteiger charge is -2.27. The monoisotopic (exact) mass is 239 g/mol. The molecule has 1 saturated heterocycles. The first kappa shape index (κ1) is 12.8. The SMILES string of the molecule is CC1CNCC(C(=O)NCCN(C)C2CC2)C1. The van der Waals surface area contributed by atoms with Crippen LogP contribution in [0.25, 0.3) is 0 Å². The van der Waals surface area contributed by atoms with Crippen LogP contribution in [0.3, 0.4) is 0 Å². The molecule has 2 aliphatic rings. The second kappa shape index (κ2) is 5.83. The van der Waals surface area contributed by atoms with Gasteiger partial charge in [0, 0.05) is 25.7 Å². The van der Waals surface area contributed by atoms with Gasteiger partial charge in [0.2, 0.25) is 5.91 Å². The van der Waals surface area contributed by atoms with Crippen molar-refractivity contribution in [3.8, 4) is 0 Å². The van der Waals surface area contributed by atoms with E-state index in [-0.39, 0.29) is 11.8 Å². The van der Waals surface area contributed by atoms with E-state index in [4.69, 9.17) is 0 Å². The lowest BCUT2D eigenvalue weighted by atomic mass is 9.91. The minimum absolute atomic E-state index is 0.171. The summed E-state index contributed by atoms with van der Waals surface area (Å²) in [4.78, 5) is 14.3. The molecule has 1 heterocycles. The highest BCUT2D eigenvalue weighted by Crippen LogP contribution is 2.24. The molecule has 0 spiro atoms. The zero-order valence-electron chi connectivity index (χ0n) is 11.0. The molecule has 0 radical (unpaired) electrons. The minimum Gasteiger partial charge on any atom is -0.355 e. The number of amides is 1. The van der Waals surface area contributed by atoms with Crippen LogP contribution in [0.15, 0.2) is 0 Å². The molecule has 2 unspecified atom stereocenters. The Hall–Kier alpha value is -0.610. The van der Waals surface area contributed by atoms with Crippen LogP contribution in [0, 0.1) is 11.8 Å². The normalized spacial score (nSPS) is 29.4. The average Bonchev–Trinajstić information content (AvgIpc) is 3.12. The molecular weight excluding hydrogens is 214 g/mol. The van der Waals surface area contributed by atoms with Crippen molar-refractivity contribution in [3.63, 3.8) is 0 Å². The molecule has 4 heteroatoms. The van der Waals surface area contributed by atoms with Gasteiger partial charge in [0.15, 0.2) is 0 Å². The molecule has 0 aromatic heterocycles. The molecule has 2 fully saturated rings. The zero-order valence-corrected chi connectivity index (χ0v) is 11.0. The summed E-state index contributed by atoms with van der Waals surface area (Å²) in [5.74, 6) is 1.02. The summed E-state index contributed by atoms with van der Waals surface area (Å²) in [6.07, 6.45) is 3.68. The average molecular weight is 239 g/mol. The van der Waals surface area contributed by atoms with Crippen LogP contribution in [-0.2, 0) is 4.79 Å². The Balaban J connectivity index is 1.62. The highest BCUT2D eigenvalue weighted by Gasteiger charge is 2.27. The van der Waals surface area contributed by atoms with E-state index in [9.17, 15) is 4.79 Å². The summed E-state index contributed by atoms with van der Waals surface area (Å²) >= 11 is 0. The third kappa shape index (κ3) is 3.96. The maximum absolute atomic E-state index is 11.9. The molecule has 1 saturated carbocycles. The van der Waals surface area contributed by atoms with Crippen LogP contribution >= 0.6 is 0 Å². The fourth-order valence-electron chi connectivity index (χ4n) is 2.55. The highest BCUT2D eigenvalue weighted by atomic mass is 16.1. The Morgan fingerprint density at radius 3 is 2.82 bits per heavy atom. The number of rotatable bonds is 5. The molecule has 98 valence electrons. The molecule has 17 heavy (non-hydrogen) atoms. The van der Waals surface area contributed by atoms with Gasteiger partial charge in [-0.1, -0.05) is 6.92 Å². The quantitative estimate of drug-likeness (QED) is 0.732. The Labute approximate surface area is 104 Å². The molecule has 0 bridgehead atoms. The van der Waals surface area contributed by atoms with Crippen molar-refractivity contribution in [2.45, 2.75) is 32.2 Å². The van der Waals surface area contributed by atoms with Crippen molar-refractivity contribution in [3.05, 3.63) is 0 Å². The first-order valence-electron chi connectivity index (χ1n) is 6.85. The first-order chi connectivity index (χ1) is 8.16. The molecule has 0 aromatic carbocycles. The third-order valence-corrected chi connectivity index (χ3v) is 3.88. The van der Waals surface area contributed by atoms with E-state index < -0.39 is 0 Å². The Kier molecular flexibility index (Phi) is 4.40. The molecule has 2 rings (SSSR count). The summed E-state index contributed by atoms with van der Waals surface area (Å²) < 4.78 is 0. The van der Waals surface area contributed by atoms with E-state index >= 15 is 0 Å². The van der Waals surface area contributed by atoms with Gasteiger partial charge in [-0.25, -0.2) is 0 Å². The smallest absolute Gasteiger partial charge is 0.224 e. The number of likely N-dealkylation sites (N-methyl/N-ethyl adjacent to an activating group) is 1. The van der Waals surface area contributed by atoms with E-state index in [1.165, 1.54) is 12.8 Å². The fraction of sp³-hybridized carbons (Fsp3) is 0.923. The van der Waals surface area contributed by atoms with Gasteiger partial charge in [0.05, 0.1) is 5.92 Å². The predicted octanol–water partition coefficient (Wildman–Crippen LogP) is 0.442. The molecule has 4 nitrogen and oxygen atoms in total. The largest absolute Gasteiger partial charge is 0.355 e. The van der Waals surface area contributed by atoms with E-state index in [1.807, 2.05) is 0 Å². The number of piperidine rings is 1. The van der Waals surface area contributed by atoms with Crippen molar-refractivity contribution < 1.29 is 4.79 Å². The summed E-state index contributed by atoms with van der Waals surface area (Å²) in [6, 6.07) is 0.781. The van der Waals surface area contributed by atoms with Gasteiger partial charge in [0.1, 0.15) is 0 Å². The number of carbonyl (C=O) groups excluding carboxylic acids is 1. The first-order valence-corrected chi connectivity index (χ1v) is 6.85. The van der Waals surface area contributed by atoms with E-state index in [0.717, 1.165) is 38.6 Å². The lowest BCUT2D eigenvalue weighted by Crippen LogP contribution is -2.44. The van der Waals surface area contributed by atoms with Crippen LogP contribution in [0.2, 0.25) is 0 Å². The Morgan fingerprint density at radius 1 is 1.41 bits per heavy atom. The fourth-order valence-corrected chi connectivity index (χ4v) is 2.55. The zero-order chi connectivity index (χ0) is 12.3. The van der Waals surface area contributed by atoms with Crippen LogP contribution in [0.1, 0.15) is 26.2 Å². The third-order valence-electron chi connectivity index (χ3n) is 3.88. The lowest BCUT2D eigenvalue weighted by molar-refractivity contribution is -0.125. The number of nitrogens with one attached hydrogen (secondary N) is 2.